The number of anilines is 1. The zero-order chi connectivity index (χ0) is 21.6. The number of fused-ring (bicyclic) bond motifs is 2. The Balaban J connectivity index is 1.66. The number of H-pyrrole nitrogens is 1. The first kappa shape index (κ1) is 19.7. The van der Waals surface area contributed by atoms with Crippen LogP contribution >= 0.6 is 0 Å². The maximum atomic E-state index is 13.1. The lowest BCUT2D eigenvalue weighted by Gasteiger charge is -2.06. The Morgan fingerprint density at radius 3 is 2.77 bits per heavy atom. The van der Waals surface area contributed by atoms with E-state index in [1.54, 1.807) is 28.4 Å². The molecule has 30 heavy (non-hydrogen) atoms. The van der Waals surface area contributed by atoms with Gasteiger partial charge >= 0.3 is 6.18 Å². The summed E-state index contributed by atoms with van der Waals surface area (Å²) in [6.45, 7) is 2.33. The molecule has 0 bridgehead atoms. The van der Waals surface area contributed by atoms with Gasteiger partial charge in [-0.05, 0) is 25.1 Å². The van der Waals surface area contributed by atoms with Crippen LogP contribution in [0.2, 0.25) is 0 Å². The molecule has 0 aliphatic carbocycles. The normalized spacial score (nSPS) is 12.0. The van der Waals surface area contributed by atoms with Crippen molar-refractivity contribution in [3.8, 4) is 0 Å². The van der Waals surface area contributed by atoms with E-state index in [0.717, 1.165) is 12.1 Å². The molecule has 0 aliphatic heterocycles. The summed E-state index contributed by atoms with van der Waals surface area (Å²) in [6.07, 6.45) is -2.79. The molecule has 4 aromatic rings. The van der Waals surface area contributed by atoms with Crippen LogP contribution in [0.1, 0.15) is 28.8 Å². The quantitative estimate of drug-likeness (QED) is 0.442. The van der Waals surface area contributed by atoms with Crippen molar-refractivity contribution >= 4 is 33.9 Å². The standard InChI is InChI=1S/C19H18F3N7O/c1-3-29-13-8-10(19(20,21)22)4-5-12(13)28(2)14(29)9-25-18(30)15-16(23)27-17-11(26-15)6-7-24-17/h4-8H,3,9H2,1-2H3,(H3-,23,24,25,26,27,30)/p+1. The smallest absolute Gasteiger partial charge is 0.382 e. The Bertz CT molecular complexity index is 1270. The molecule has 0 radical (unpaired) electrons. The molecule has 11 heteroatoms. The predicted octanol–water partition coefficient (Wildman–Crippen LogP) is 2.29. The number of halogens is 3. The minimum absolute atomic E-state index is 0.0109. The van der Waals surface area contributed by atoms with Crippen LogP contribution in [0, 0.1) is 0 Å². The van der Waals surface area contributed by atoms with E-state index in [1.165, 1.54) is 6.07 Å². The number of nitrogens with two attached hydrogens (primary N) is 1. The Hall–Kier alpha value is -3.63. The van der Waals surface area contributed by atoms with Crippen LogP contribution in [-0.2, 0) is 26.3 Å². The second kappa shape index (κ2) is 7.01. The van der Waals surface area contributed by atoms with Crippen molar-refractivity contribution in [2.24, 2.45) is 7.05 Å². The molecule has 0 saturated heterocycles. The van der Waals surface area contributed by atoms with E-state index in [1.807, 2.05) is 6.92 Å². The molecule has 0 saturated carbocycles. The number of nitrogen functional groups attached to an aromatic ring is 1. The molecule has 0 fully saturated rings. The van der Waals surface area contributed by atoms with E-state index in [0.29, 0.717) is 34.6 Å². The summed E-state index contributed by atoms with van der Waals surface area (Å²) in [4.78, 5) is 23.8. The number of alkyl halides is 3. The molecule has 8 nitrogen and oxygen atoms in total. The van der Waals surface area contributed by atoms with Crippen LogP contribution in [-0.4, -0.2) is 25.4 Å². The fourth-order valence-corrected chi connectivity index (χ4v) is 3.52. The highest BCUT2D eigenvalue weighted by atomic mass is 19.4. The zero-order valence-corrected chi connectivity index (χ0v) is 16.2. The number of amides is 1. The average Bonchev–Trinajstić information content (AvgIpc) is 3.26. The minimum Gasteiger partial charge on any atom is -0.382 e. The van der Waals surface area contributed by atoms with Crippen molar-refractivity contribution in [2.45, 2.75) is 26.2 Å². The molecule has 4 N–H and O–H groups in total. The van der Waals surface area contributed by atoms with Gasteiger partial charge in [-0.3, -0.25) is 4.79 Å². The molecular weight excluding hydrogens is 399 g/mol. The van der Waals surface area contributed by atoms with Gasteiger partial charge in [0.1, 0.15) is 12.1 Å². The van der Waals surface area contributed by atoms with Crippen LogP contribution in [0.15, 0.2) is 30.5 Å². The van der Waals surface area contributed by atoms with Crippen molar-refractivity contribution in [1.82, 2.24) is 24.8 Å². The van der Waals surface area contributed by atoms with Crippen molar-refractivity contribution in [3.63, 3.8) is 0 Å². The van der Waals surface area contributed by atoms with Gasteiger partial charge in [0.2, 0.25) is 0 Å². The van der Waals surface area contributed by atoms with Gasteiger partial charge < -0.3 is 16.0 Å². The maximum Gasteiger partial charge on any atom is 0.416 e. The number of nitrogens with one attached hydrogen (secondary N) is 2. The first-order valence-corrected chi connectivity index (χ1v) is 9.17. The Kier molecular flexibility index (Phi) is 4.60. The third-order valence-corrected chi connectivity index (χ3v) is 5.00. The van der Waals surface area contributed by atoms with E-state index in [-0.39, 0.29) is 18.1 Å². The van der Waals surface area contributed by atoms with E-state index in [9.17, 15) is 18.0 Å². The summed E-state index contributed by atoms with van der Waals surface area (Å²) in [5.74, 6) is 0.0964. The molecule has 3 heterocycles. The SMILES string of the molecule is CCn1c(CNC(=O)c2nc3cc[nH]c3nc2N)[n+](C)c2ccc(C(F)(F)F)cc21. The van der Waals surface area contributed by atoms with Crippen LogP contribution < -0.4 is 15.6 Å². The summed E-state index contributed by atoms with van der Waals surface area (Å²) < 4.78 is 42.9. The van der Waals surface area contributed by atoms with E-state index in [2.05, 4.69) is 20.3 Å². The molecule has 0 atom stereocenters. The van der Waals surface area contributed by atoms with Crippen molar-refractivity contribution in [3.05, 3.63) is 47.5 Å². The lowest BCUT2D eigenvalue weighted by molar-refractivity contribution is -0.654. The predicted molar refractivity (Wildman–Crippen MR) is 103 cm³/mol. The molecule has 0 aliphatic rings. The summed E-state index contributed by atoms with van der Waals surface area (Å²) in [5, 5.41) is 2.74. The largest absolute Gasteiger partial charge is 0.416 e. The monoisotopic (exact) mass is 418 g/mol. The molecule has 0 unspecified atom stereocenters. The van der Waals surface area contributed by atoms with Gasteiger partial charge in [-0.15, -0.1) is 0 Å². The third-order valence-electron chi connectivity index (χ3n) is 5.00. The molecular formula is C19H19F3N7O+. The molecule has 4 rings (SSSR count). The van der Waals surface area contributed by atoms with E-state index in [4.69, 9.17) is 5.73 Å². The topological polar surface area (TPSA) is 105 Å². The summed E-state index contributed by atoms with van der Waals surface area (Å²) in [6, 6.07) is 5.27. The molecule has 156 valence electrons. The minimum atomic E-state index is -4.43. The zero-order valence-electron chi connectivity index (χ0n) is 16.2. The summed E-state index contributed by atoms with van der Waals surface area (Å²) in [7, 11) is 1.74. The number of rotatable bonds is 4. The number of benzene rings is 1. The number of carbonyl (C=O) groups excluding carboxylic acids is 1. The van der Waals surface area contributed by atoms with Gasteiger partial charge in [0, 0.05) is 12.3 Å². The number of hydrogen-bond donors (Lipinski definition) is 3. The first-order valence-electron chi connectivity index (χ1n) is 9.17. The fourth-order valence-electron chi connectivity index (χ4n) is 3.52. The molecule has 0 spiro atoms. The highest BCUT2D eigenvalue weighted by Crippen LogP contribution is 2.31. The lowest BCUT2D eigenvalue weighted by atomic mass is 10.2. The van der Waals surface area contributed by atoms with E-state index < -0.39 is 17.6 Å². The molecule has 1 amide bonds. The summed E-state index contributed by atoms with van der Waals surface area (Å²) >= 11 is 0. The first-order chi connectivity index (χ1) is 14.2. The van der Waals surface area contributed by atoms with Crippen molar-refractivity contribution in [1.29, 1.82) is 0 Å². The lowest BCUT2D eigenvalue weighted by Crippen LogP contribution is -2.38. The second-order valence-corrected chi connectivity index (χ2v) is 6.77. The second-order valence-electron chi connectivity index (χ2n) is 6.77. The van der Waals surface area contributed by atoms with Crippen molar-refractivity contribution in [2.75, 3.05) is 5.73 Å². The van der Waals surface area contributed by atoms with Crippen LogP contribution in [0.5, 0.6) is 0 Å². The highest BCUT2D eigenvalue weighted by molar-refractivity contribution is 5.98. The number of nitrogens with zero attached hydrogens (tertiary/aromatic N) is 4. The molecule has 3 aromatic heterocycles. The van der Waals surface area contributed by atoms with Crippen molar-refractivity contribution < 1.29 is 22.5 Å². The number of aryl methyl sites for hydroxylation is 2. The van der Waals surface area contributed by atoms with Gasteiger partial charge in [-0.2, -0.15) is 13.2 Å². The van der Waals surface area contributed by atoms with Crippen LogP contribution in [0.3, 0.4) is 0 Å². The number of hydrogen-bond acceptors (Lipinski definition) is 4. The van der Waals surface area contributed by atoms with Gasteiger partial charge in [0.25, 0.3) is 11.7 Å². The van der Waals surface area contributed by atoms with Crippen LogP contribution in [0.4, 0.5) is 19.0 Å². The maximum absolute atomic E-state index is 13.1. The average molecular weight is 418 g/mol. The Morgan fingerprint density at radius 1 is 1.30 bits per heavy atom. The third kappa shape index (κ3) is 3.21. The van der Waals surface area contributed by atoms with Gasteiger partial charge in [0.15, 0.2) is 28.2 Å². The number of aromatic amines is 1. The number of imidazole rings is 1. The Morgan fingerprint density at radius 2 is 2.07 bits per heavy atom. The van der Waals surface area contributed by atoms with Gasteiger partial charge in [-0.1, -0.05) is 0 Å². The fraction of sp³-hybridized carbons (Fsp3) is 0.263. The highest BCUT2D eigenvalue weighted by Gasteiger charge is 2.33. The van der Waals surface area contributed by atoms with Gasteiger partial charge in [-0.25, -0.2) is 19.1 Å². The summed E-state index contributed by atoms with van der Waals surface area (Å²) in [5.41, 5.74) is 7.16. The van der Waals surface area contributed by atoms with E-state index >= 15 is 0 Å². The number of carbonyl (C=O) groups is 1. The van der Waals surface area contributed by atoms with Crippen LogP contribution in [0.25, 0.3) is 22.2 Å². The Labute approximate surface area is 168 Å². The number of aromatic nitrogens is 5. The molecule has 1 aromatic carbocycles. The van der Waals surface area contributed by atoms with Gasteiger partial charge in [0.05, 0.1) is 19.2 Å².